The molecule has 21 heavy (non-hydrogen) atoms. The largest absolute Gasteiger partial charge is 0.480 e. The number of nitrogens with zero attached hydrogens (tertiary/aromatic N) is 1. The molecule has 0 saturated heterocycles. The number of carboxylic acids is 1. The van der Waals surface area contributed by atoms with Gasteiger partial charge in [0.05, 0.1) is 12.0 Å². The summed E-state index contributed by atoms with van der Waals surface area (Å²) < 4.78 is 5.06. The fourth-order valence-corrected chi connectivity index (χ4v) is 1.82. The van der Waals surface area contributed by atoms with E-state index < -0.39 is 23.7 Å². The molecule has 1 heterocycles. The number of nitrogens with one attached hydrogen (secondary N) is 2. The van der Waals surface area contributed by atoms with Crippen LogP contribution in [0.1, 0.15) is 45.0 Å². The molecular weight excluding hydrogens is 274 g/mol. The van der Waals surface area contributed by atoms with Crippen molar-refractivity contribution in [3.05, 3.63) is 17.7 Å². The fourth-order valence-electron chi connectivity index (χ4n) is 1.82. The number of rotatable bonds is 6. The van der Waals surface area contributed by atoms with Gasteiger partial charge in [-0.3, -0.25) is 0 Å². The van der Waals surface area contributed by atoms with E-state index >= 15 is 0 Å². The number of aryl methyl sites for hydroxylation is 2. The van der Waals surface area contributed by atoms with E-state index in [9.17, 15) is 9.59 Å². The second-order valence-electron chi connectivity index (χ2n) is 5.90. The number of carbonyl (C=O) groups excluding carboxylic acids is 1. The topological polar surface area (TPSA) is 104 Å². The SMILES string of the molecule is Cc1[nH]cnc1CCCC(NC(=O)OC(C)(C)C)C(=O)O. The molecule has 0 spiro atoms. The molecule has 1 rings (SSSR count). The third kappa shape index (κ3) is 6.29. The molecule has 0 fully saturated rings. The molecule has 0 aliphatic rings. The molecule has 7 heteroatoms. The Kier molecular flexibility index (Phi) is 5.75. The lowest BCUT2D eigenvalue weighted by atomic mass is 10.1. The van der Waals surface area contributed by atoms with Gasteiger partial charge in [-0.25, -0.2) is 14.6 Å². The van der Waals surface area contributed by atoms with E-state index in [0.717, 1.165) is 11.4 Å². The highest BCUT2D eigenvalue weighted by atomic mass is 16.6. The normalized spacial score (nSPS) is 12.8. The van der Waals surface area contributed by atoms with Crippen LogP contribution in [-0.2, 0) is 16.0 Å². The summed E-state index contributed by atoms with van der Waals surface area (Å²) >= 11 is 0. The Hall–Kier alpha value is -2.05. The predicted molar refractivity (Wildman–Crippen MR) is 77.1 cm³/mol. The van der Waals surface area contributed by atoms with Gasteiger partial charge in [-0.1, -0.05) is 0 Å². The monoisotopic (exact) mass is 297 g/mol. The number of amides is 1. The Morgan fingerprint density at radius 1 is 1.48 bits per heavy atom. The van der Waals surface area contributed by atoms with E-state index in [4.69, 9.17) is 9.84 Å². The minimum absolute atomic E-state index is 0.320. The summed E-state index contributed by atoms with van der Waals surface area (Å²) in [5.41, 5.74) is 1.23. The number of aromatic amines is 1. The van der Waals surface area contributed by atoms with Gasteiger partial charge in [0.2, 0.25) is 0 Å². The zero-order chi connectivity index (χ0) is 16.0. The Morgan fingerprint density at radius 3 is 2.62 bits per heavy atom. The molecule has 0 radical (unpaired) electrons. The summed E-state index contributed by atoms with van der Waals surface area (Å²) in [6.07, 6.45) is 2.48. The average molecular weight is 297 g/mol. The van der Waals surface area contributed by atoms with Crippen LogP contribution in [0.4, 0.5) is 4.79 Å². The van der Waals surface area contributed by atoms with Gasteiger partial charge in [-0.2, -0.15) is 0 Å². The maximum absolute atomic E-state index is 11.6. The highest BCUT2D eigenvalue weighted by molar-refractivity contribution is 5.79. The van der Waals surface area contributed by atoms with E-state index in [-0.39, 0.29) is 0 Å². The van der Waals surface area contributed by atoms with Crippen LogP contribution in [0.3, 0.4) is 0 Å². The van der Waals surface area contributed by atoms with Crippen LogP contribution >= 0.6 is 0 Å². The average Bonchev–Trinajstić information content (AvgIpc) is 2.71. The van der Waals surface area contributed by atoms with Gasteiger partial charge in [-0.05, 0) is 47.0 Å². The summed E-state index contributed by atoms with van der Waals surface area (Å²) in [6, 6.07) is -0.959. The first-order chi connectivity index (χ1) is 9.69. The van der Waals surface area contributed by atoms with Crippen LogP contribution < -0.4 is 5.32 Å². The Labute approximate surface area is 124 Å². The number of carboxylic acid groups (broad SMARTS) is 1. The number of aliphatic carboxylic acids is 1. The van der Waals surface area contributed by atoms with E-state index in [1.807, 2.05) is 6.92 Å². The molecule has 0 bridgehead atoms. The van der Waals surface area contributed by atoms with Gasteiger partial charge in [0.25, 0.3) is 0 Å². The maximum Gasteiger partial charge on any atom is 0.408 e. The number of aromatic nitrogens is 2. The molecule has 7 nitrogen and oxygen atoms in total. The number of hydrogen-bond acceptors (Lipinski definition) is 4. The molecule has 1 unspecified atom stereocenters. The summed E-state index contributed by atoms with van der Waals surface area (Å²) in [4.78, 5) is 29.9. The van der Waals surface area contributed by atoms with Gasteiger partial charge in [0, 0.05) is 5.69 Å². The first-order valence-corrected chi connectivity index (χ1v) is 6.90. The number of hydrogen-bond donors (Lipinski definition) is 3. The van der Waals surface area contributed by atoms with Crippen molar-refractivity contribution in [2.45, 2.75) is 58.6 Å². The van der Waals surface area contributed by atoms with Crippen molar-refractivity contribution in [1.82, 2.24) is 15.3 Å². The molecule has 1 amide bonds. The standard InChI is InChI=1S/C14H23N3O4/c1-9-10(16-8-15-9)6-5-7-11(12(18)19)17-13(20)21-14(2,3)4/h8,11H,5-7H2,1-4H3,(H,15,16)(H,17,20)(H,18,19). The van der Waals surface area contributed by atoms with Crippen molar-refractivity contribution in [2.24, 2.45) is 0 Å². The second-order valence-corrected chi connectivity index (χ2v) is 5.90. The maximum atomic E-state index is 11.6. The molecule has 1 atom stereocenters. The minimum Gasteiger partial charge on any atom is -0.480 e. The Balaban J connectivity index is 2.45. The Bertz CT molecular complexity index is 491. The van der Waals surface area contributed by atoms with E-state index in [0.29, 0.717) is 19.3 Å². The van der Waals surface area contributed by atoms with Crippen LogP contribution in [0.25, 0.3) is 0 Å². The molecule has 0 aliphatic heterocycles. The zero-order valence-corrected chi connectivity index (χ0v) is 12.9. The molecule has 0 saturated carbocycles. The number of carbonyl (C=O) groups is 2. The van der Waals surface area contributed by atoms with Crippen LogP contribution in [-0.4, -0.2) is 38.8 Å². The smallest absolute Gasteiger partial charge is 0.408 e. The molecule has 0 aromatic carbocycles. The van der Waals surface area contributed by atoms with Crippen LogP contribution in [0.15, 0.2) is 6.33 Å². The molecule has 0 aliphatic carbocycles. The number of ether oxygens (including phenoxy) is 1. The summed E-state index contributed by atoms with van der Waals surface area (Å²) in [5, 5.41) is 11.5. The fraction of sp³-hybridized carbons (Fsp3) is 0.643. The van der Waals surface area contributed by atoms with Gasteiger partial charge in [0.15, 0.2) is 0 Å². The van der Waals surface area contributed by atoms with Gasteiger partial charge in [0.1, 0.15) is 11.6 Å². The lowest BCUT2D eigenvalue weighted by molar-refractivity contribution is -0.139. The number of imidazole rings is 1. The minimum atomic E-state index is -1.07. The second kappa shape index (κ2) is 7.10. The first kappa shape index (κ1) is 17.0. The molecule has 1 aromatic heterocycles. The van der Waals surface area contributed by atoms with Crippen molar-refractivity contribution in [2.75, 3.05) is 0 Å². The van der Waals surface area contributed by atoms with Gasteiger partial charge in [-0.15, -0.1) is 0 Å². The third-order valence-electron chi connectivity index (χ3n) is 2.83. The van der Waals surface area contributed by atoms with Gasteiger partial charge >= 0.3 is 12.1 Å². The highest BCUT2D eigenvalue weighted by Gasteiger charge is 2.23. The summed E-state index contributed by atoms with van der Waals surface area (Å²) in [5.74, 6) is -1.07. The van der Waals surface area contributed by atoms with Gasteiger partial charge < -0.3 is 20.1 Å². The molecule has 118 valence electrons. The van der Waals surface area contributed by atoms with Crippen molar-refractivity contribution in [3.63, 3.8) is 0 Å². The van der Waals surface area contributed by atoms with Crippen molar-refractivity contribution in [3.8, 4) is 0 Å². The van der Waals surface area contributed by atoms with Crippen molar-refractivity contribution < 1.29 is 19.4 Å². The molecule has 1 aromatic rings. The van der Waals surface area contributed by atoms with E-state index in [1.54, 1.807) is 27.1 Å². The van der Waals surface area contributed by atoms with Crippen molar-refractivity contribution >= 4 is 12.1 Å². The quantitative estimate of drug-likeness (QED) is 0.745. The molecule has 3 N–H and O–H groups in total. The van der Waals surface area contributed by atoms with Crippen LogP contribution in [0.2, 0.25) is 0 Å². The summed E-state index contributed by atoms with van der Waals surface area (Å²) in [7, 11) is 0. The number of alkyl carbamates (subject to hydrolysis) is 1. The highest BCUT2D eigenvalue weighted by Crippen LogP contribution is 2.10. The van der Waals surface area contributed by atoms with Crippen LogP contribution in [0, 0.1) is 6.92 Å². The Morgan fingerprint density at radius 2 is 2.14 bits per heavy atom. The molecular formula is C14H23N3O4. The lowest BCUT2D eigenvalue weighted by Gasteiger charge is -2.22. The van der Waals surface area contributed by atoms with E-state index in [1.165, 1.54) is 0 Å². The van der Waals surface area contributed by atoms with Crippen molar-refractivity contribution in [1.29, 1.82) is 0 Å². The number of H-pyrrole nitrogens is 1. The first-order valence-electron chi connectivity index (χ1n) is 6.90. The van der Waals surface area contributed by atoms with E-state index in [2.05, 4.69) is 15.3 Å². The zero-order valence-electron chi connectivity index (χ0n) is 12.9. The third-order valence-corrected chi connectivity index (χ3v) is 2.83. The predicted octanol–water partition coefficient (Wildman–Crippen LogP) is 2.02. The lowest BCUT2D eigenvalue weighted by Crippen LogP contribution is -2.43. The summed E-state index contributed by atoms with van der Waals surface area (Å²) in [6.45, 7) is 7.09. The van der Waals surface area contributed by atoms with Crippen LogP contribution in [0.5, 0.6) is 0 Å².